The van der Waals surface area contributed by atoms with E-state index in [1.54, 1.807) is 0 Å². The molecular formula is C11H17N3O2. The van der Waals surface area contributed by atoms with E-state index in [4.69, 9.17) is 5.84 Å². The third-order valence-electron chi connectivity index (χ3n) is 2.17. The summed E-state index contributed by atoms with van der Waals surface area (Å²) in [5, 5.41) is 0. The summed E-state index contributed by atoms with van der Waals surface area (Å²) in [5.74, 6) is 4.49. The number of carbonyl (C=O) groups is 1. The van der Waals surface area contributed by atoms with E-state index in [1.807, 2.05) is 35.7 Å². The molecule has 0 amide bonds. The van der Waals surface area contributed by atoms with Gasteiger partial charge in [-0.25, -0.2) is 5.84 Å². The number of hydrogen-bond acceptors (Lipinski definition) is 5. The maximum Gasteiger partial charge on any atom is 0.327 e. The van der Waals surface area contributed by atoms with Crippen molar-refractivity contribution in [3.63, 3.8) is 0 Å². The van der Waals surface area contributed by atoms with Gasteiger partial charge >= 0.3 is 5.97 Å². The van der Waals surface area contributed by atoms with Crippen LogP contribution in [0, 0.1) is 0 Å². The van der Waals surface area contributed by atoms with Crippen molar-refractivity contribution in [1.82, 2.24) is 10.5 Å². The van der Waals surface area contributed by atoms with Crippen molar-refractivity contribution in [3.05, 3.63) is 35.9 Å². The van der Waals surface area contributed by atoms with Crippen molar-refractivity contribution in [2.45, 2.75) is 13.0 Å². The van der Waals surface area contributed by atoms with Gasteiger partial charge in [0.15, 0.2) is 0 Å². The van der Waals surface area contributed by atoms with E-state index in [2.05, 4.69) is 17.0 Å². The van der Waals surface area contributed by atoms with Gasteiger partial charge in [-0.05, 0) is 12.6 Å². The highest BCUT2D eigenvalue weighted by molar-refractivity contribution is 5.69. The van der Waals surface area contributed by atoms with Crippen LogP contribution in [0.4, 0.5) is 0 Å². The van der Waals surface area contributed by atoms with Crippen LogP contribution in [0.25, 0.3) is 0 Å². The molecule has 0 saturated carbocycles. The molecule has 0 saturated heterocycles. The first-order valence-corrected chi connectivity index (χ1v) is 5.10. The van der Waals surface area contributed by atoms with Gasteiger partial charge in [-0.2, -0.15) is 0 Å². The standard InChI is InChI=1S/C11H17N3O2/c1-14(8-7-11(15)16-13-12)9-10-5-3-2-4-6-10/h2-6,13H,7-9,12H2,1H3. The molecule has 0 radical (unpaired) electrons. The SMILES string of the molecule is CN(CCC(=O)ONN)Cc1ccccc1. The number of nitrogens with two attached hydrogens (primary N) is 1. The lowest BCUT2D eigenvalue weighted by Gasteiger charge is -2.15. The molecular weight excluding hydrogens is 206 g/mol. The minimum atomic E-state index is -0.359. The number of carbonyl (C=O) groups excluding carboxylic acids is 1. The number of hydrogen-bond donors (Lipinski definition) is 2. The van der Waals surface area contributed by atoms with E-state index in [9.17, 15) is 4.79 Å². The lowest BCUT2D eigenvalue weighted by Crippen LogP contribution is -2.29. The summed E-state index contributed by atoms with van der Waals surface area (Å²) in [7, 11) is 1.95. The second-order valence-electron chi connectivity index (χ2n) is 3.57. The Hall–Kier alpha value is -1.43. The predicted molar refractivity (Wildman–Crippen MR) is 60.8 cm³/mol. The first-order chi connectivity index (χ1) is 7.72. The van der Waals surface area contributed by atoms with E-state index in [1.165, 1.54) is 5.56 Å². The van der Waals surface area contributed by atoms with Crippen molar-refractivity contribution in [2.24, 2.45) is 5.84 Å². The molecule has 0 unspecified atom stereocenters. The third kappa shape index (κ3) is 4.88. The van der Waals surface area contributed by atoms with Crippen LogP contribution < -0.4 is 11.4 Å². The lowest BCUT2D eigenvalue weighted by atomic mass is 10.2. The number of hydrazine groups is 1. The van der Waals surface area contributed by atoms with Crippen LogP contribution in [0.3, 0.4) is 0 Å². The Balaban J connectivity index is 2.26. The van der Waals surface area contributed by atoms with Gasteiger partial charge in [0.05, 0.1) is 6.42 Å². The highest BCUT2D eigenvalue weighted by Gasteiger charge is 2.05. The van der Waals surface area contributed by atoms with Crippen molar-refractivity contribution in [3.8, 4) is 0 Å². The van der Waals surface area contributed by atoms with Crippen LogP contribution in [0.1, 0.15) is 12.0 Å². The zero-order chi connectivity index (χ0) is 11.8. The van der Waals surface area contributed by atoms with Crippen molar-refractivity contribution < 1.29 is 9.63 Å². The molecule has 0 aliphatic heterocycles. The van der Waals surface area contributed by atoms with E-state index >= 15 is 0 Å². The monoisotopic (exact) mass is 223 g/mol. The zero-order valence-corrected chi connectivity index (χ0v) is 9.35. The van der Waals surface area contributed by atoms with Crippen molar-refractivity contribution in [2.75, 3.05) is 13.6 Å². The Labute approximate surface area is 95.1 Å². The summed E-state index contributed by atoms with van der Waals surface area (Å²) in [5.41, 5.74) is 3.09. The second-order valence-corrected chi connectivity index (χ2v) is 3.57. The molecule has 0 aliphatic rings. The molecule has 0 heterocycles. The first-order valence-electron chi connectivity index (χ1n) is 5.10. The summed E-state index contributed by atoms with van der Waals surface area (Å²) >= 11 is 0. The zero-order valence-electron chi connectivity index (χ0n) is 9.35. The molecule has 3 N–H and O–H groups in total. The Morgan fingerprint density at radius 1 is 1.44 bits per heavy atom. The van der Waals surface area contributed by atoms with E-state index in [-0.39, 0.29) is 5.97 Å². The summed E-state index contributed by atoms with van der Waals surface area (Å²) in [6.45, 7) is 1.44. The summed E-state index contributed by atoms with van der Waals surface area (Å²) in [6.07, 6.45) is 0.313. The Morgan fingerprint density at radius 2 is 2.12 bits per heavy atom. The molecule has 0 atom stereocenters. The van der Waals surface area contributed by atoms with Gasteiger partial charge in [-0.1, -0.05) is 35.9 Å². The fraction of sp³-hybridized carbons (Fsp3) is 0.364. The summed E-state index contributed by atoms with van der Waals surface area (Å²) in [4.78, 5) is 17.5. The minimum Gasteiger partial charge on any atom is -0.356 e. The summed E-state index contributed by atoms with van der Waals surface area (Å²) < 4.78 is 0. The molecule has 1 rings (SSSR count). The van der Waals surface area contributed by atoms with Gasteiger partial charge in [-0.3, -0.25) is 4.79 Å². The maximum absolute atomic E-state index is 11.0. The van der Waals surface area contributed by atoms with Gasteiger partial charge in [0.2, 0.25) is 0 Å². The molecule has 0 spiro atoms. The smallest absolute Gasteiger partial charge is 0.327 e. The van der Waals surface area contributed by atoms with Crippen LogP contribution >= 0.6 is 0 Å². The molecule has 0 bridgehead atoms. The number of nitrogens with zero attached hydrogens (tertiary/aromatic N) is 1. The largest absolute Gasteiger partial charge is 0.356 e. The molecule has 1 aromatic carbocycles. The molecule has 0 aliphatic carbocycles. The van der Waals surface area contributed by atoms with E-state index in [0.717, 1.165) is 6.54 Å². The third-order valence-corrected chi connectivity index (χ3v) is 2.17. The van der Waals surface area contributed by atoms with Crippen molar-refractivity contribution >= 4 is 5.97 Å². The number of nitrogens with one attached hydrogen (secondary N) is 1. The number of rotatable bonds is 6. The topological polar surface area (TPSA) is 67.6 Å². The van der Waals surface area contributed by atoms with Gasteiger partial charge in [0, 0.05) is 13.1 Å². The summed E-state index contributed by atoms with van der Waals surface area (Å²) in [6, 6.07) is 10.1. The molecule has 0 fully saturated rings. The minimum absolute atomic E-state index is 0.313. The van der Waals surface area contributed by atoms with Crippen molar-refractivity contribution in [1.29, 1.82) is 0 Å². The Morgan fingerprint density at radius 3 is 2.75 bits per heavy atom. The maximum atomic E-state index is 11.0. The molecule has 5 heteroatoms. The van der Waals surface area contributed by atoms with Gasteiger partial charge in [0.25, 0.3) is 0 Å². The normalized spacial score (nSPS) is 10.4. The fourth-order valence-corrected chi connectivity index (χ4v) is 1.37. The average molecular weight is 223 g/mol. The first kappa shape index (κ1) is 12.6. The van der Waals surface area contributed by atoms with Crippen LogP contribution in [0.5, 0.6) is 0 Å². The molecule has 0 aromatic heterocycles. The highest BCUT2D eigenvalue weighted by atomic mass is 16.7. The van der Waals surface area contributed by atoms with Gasteiger partial charge < -0.3 is 9.74 Å². The van der Waals surface area contributed by atoms with Gasteiger partial charge in [-0.15, -0.1) is 0 Å². The van der Waals surface area contributed by atoms with Crippen LogP contribution in [0.2, 0.25) is 0 Å². The van der Waals surface area contributed by atoms with Gasteiger partial charge in [0.1, 0.15) is 0 Å². The molecule has 16 heavy (non-hydrogen) atoms. The molecule has 5 nitrogen and oxygen atoms in total. The second kappa shape index (κ2) is 6.95. The predicted octanol–water partition coefficient (Wildman–Crippen LogP) is 0.430. The van der Waals surface area contributed by atoms with E-state index in [0.29, 0.717) is 13.0 Å². The van der Waals surface area contributed by atoms with E-state index < -0.39 is 0 Å². The average Bonchev–Trinajstić information content (AvgIpc) is 2.28. The molecule has 1 aromatic rings. The Bertz CT molecular complexity index is 316. The van der Waals surface area contributed by atoms with Crippen LogP contribution in [-0.2, 0) is 16.2 Å². The highest BCUT2D eigenvalue weighted by Crippen LogP contribution is 2.02. The molecule has 88 valence electrons. The lowest BCUT2D eigenvalue weighted by molar-refractivity contribution is -0.151. The number of benzene rings is 1. The van der Waals surface area contributed by atoms with Crippen LogP contribution in [-0.4, -0.2) is 24.5 Å². The van der Waals surface area contributed by atoms with Crippen LogP contribution in [0.15, 0.2) is 30.3 Å². The fourth-order valence-electron chi connectivity index (χ4n) is 1.37. The Kier molecular flexibility index (Phi) is 5.49. The quantitative estimate of drug-likeness (QED) is 0.540.